The van der Waals surface area contributed by atoms with E-state index in [4.69, 9.17) is 0 Å². The third-order valence-electron chi connectivity index (χ3n) is 4.45. The lowest BCUT2D eigenvalue weighted by Gasteiger charge is -2.34. The molecule has 3 heterocycles. The van der Waals surface area contributed by atoms with Crippen LogP contribution in [0.3, 0.4) is 0 Å². The number of hydrogen-bond acceptors (Lipinski definition) is 4. The van der Waals surface area contributed by atoms with Gasteiger partial charge in [-0.25, -0.2) is 0 Å². The van der Waals surface area contributed by atoms with Crippen molar-refractivity contribution >= 4 is 12.4 Å². The molecule has 4 nitrogen and oxygen atoms in total. The van der Waals surface area contributed by atoms with Crippen molar-refractivity contribution in [3.63, 3.8) is 0 Å². The molecule has 0 spiro atoms. The van der Waals surface area contributed by atoms with E-state index < -0.39 is 0 Å². The van der Waals surface area contributed by atoms with Gasteiger partial charge in [-0.1, -0.05) is 12.1 Å². The van der Waals surface area contributed by atoms with Crippen LogP contribution in [0.1, 0.15) is 22.5 Å². The maximum Gasteiger partial charge on any atom is 0.0573 e. The Hall–Kier alpha value is -1.49. The van der Waals surface area contributed by atoms with Crippen molar-refractivity contribution in [2.45, 2.75) is 26.9 Å². The van der Waals surface area contributed by atoms with Crippen molar-refractivity contribution in [2.24, 2.45) is 0 Å². The molecule has 2 aromatic rings. The highest BCUT2D eigenvalue weighted by molar-refractivity contribution is 5.85. The number of aryl methyl sites for hydroxylation is 2. The Bertz CT molecular complexity index is 568. The van der Waals surface area contributed by atoms with Crippen molar-refractivity contribution in [1.29, 1.82) is 0 Å². The number of pyridine rings is 2. The second-order valence-electron chi connectivity index (χ2n) is 6.09. The van der Waals surface area contributed by atoms with E-state index in [9.17, 15) is 0 Å². The molecule has 0 unspecified atom stereocenters. The standard InChI is InChI=1S/C18H24N4.ClH/c1-15-5-3-7-19-17(15)13-21-9-11-22(12-10-21)14-18-16(2)6-4-8-20-18;/h3-8H,9-14H2,1-2H3;1H. The highest BCUT2D eigenvalue weighted by atomic mass is 35.5. The van der Waals surface area contributed by atoms with Crippen LogP contribution in [-0.4, -0.2) is 45.9 Å². The summed E-state index contributed by atoms with van der Waals surface area (Å²) in [6.07, 6.45) is 3.78. The third-order valence-corrected chi connectivity index (χ3v) is 4.45. The van der Waals surface area contributed by atoms with Crippen LogP contribution in [0.25, 0.3) is 0 Å². The van der Waals surface area contributed by atoms with Crippen LogP contribution < -0.4 is 0 Å². The van der Waals surface area contributed by atoms with Gasteiger partial charge in [0.05, 0.1) is 11.4 Å². The first-order valence-electron chi connectivity index (χ1n) is 7.98. The van der Waals surface area contributed by atoms with Gasteiger partial charge in [0.2, 0.25) is 0 Å². The number of halogens is 1. The molecule has 2 aromatic heterocycles. The Morgan fingerprint density at radius 3 is 1.52 bits per heavy atom. The quantitative estimate of drug-likeness (QED) is 0.861. The fourth-order valence-electron chi connectivity index (χ4n) is 2.90. The van der Waals surface area contributed by atoms with Gasteiger partial charge in [0.25, 0.3) is 0 Å². The van der Waals surface area contributed by atoms with E-state index in [0.29, 0.717) is 0 Å². The van der Waals surface area contributed by atoms with Crippen molar-refractivity contribution in [1.82, 2.24) is 19.8 Å². The van der Waals surface area contributed by atoms with Crippen molar-refractivity contribution in [2.75, 3.05) is 26.2 Å². The largest absolute Gasteiger partial charge is 0.295 e. The molecule has 0 N–H and O–H groups in total. The van der Waals surface area contributed by atoms with Gasteiger partial charge in [-0.05, 0) is 37.1 Å². The molecule has 0 bridgehead atoms. The molecule has 0 aliphatic carbocycles. The monoisotopic (exact) mass is 332 g/mol. The fourth-order valence-corrected chi connectivity index (χ4v) is 2.90. The normalized spacial score (nSPS) is 16.1. The lowest BCUT2D eigenvalue weighted by molar-refractivity contribution is 0.119. The Balaban J connectivity index is 0.00000192. The Morgan fingerprint density at radius 1 is 0.783 bits per heavy atom. The molecule has 1 fully saturated rings. The molecule has 5 heteroatoms. The number of piperazine rings is 1. The van der Waals surface area contributed by atoms with Crippen LogP contribution >= 0.6 is 12.4 Å². The molecule has 0 radical (unpaired) electrons. The molecule has 23 heavy (non-hydrogen) atoms. The highest BCUT2D eigenvalue weighted by Crippen LogP contribution is 2.13. The van der Waals surface area contributed by atoms with Crippen molar-refractivity contribution < 1.29 is 0 Å². The minimum Gasteiger partial charge on any atom is -0.295 e. The SMILES string of the molecule is Cc1cccnc1CN1CCN(Cc2ncccc2C)CC1.Cl. The summed E-state index contributed by atoms with van der Waals surface area (Å²) in [7, 11) is 0. The summed E-state index contributed by atoms with van der Waals surface area (Å²) in [5.41, 5.74) is 4.98. The molecular formula is C18H25ClN4. The van der Waals surface area contributed by atoms with E-state index in [-0.39, 0.29) is 12.4 Å². The topological polar surface area (TPSA) is 32.3 Å². The Labute approximate surface area is 145 Å². The van der Waals surface area contributed by atoms with Gasteiger partial charge in [0.1, 0.15) is 0 Å². The zero-order valence-corrected chi connectivity index (χ0v) is 14.7. The zero-order valence-electron chi connectivity index (χ0n) is 13.9. The molecule has 1 saturated heterocycles. The first-order valence-corrected chi connectivity index (χ1v) is 7.98. The third kappa shape index (κ3) is 4.74. The summed E-state index contributed by atoms with van der Waals surface area (Å²) >= 11 is 0. The van der Waals surface area contributed by atoms with Gasteiger partial charge >= 0.3 is 0 Å². The van der Waals surface area contributed by atoms with Crippen LogP contribution in [0.4, 0.5) is 0 Å². The summed E-state index contributed by atoms with van der Waals surface area (Å²) in [6, 6.07) is 8.29. The van der Waals surface area contributed by atoms with Gasteiger partial charge in [-0.15, -0.1) is 12.4 Å². The lowest BCUT2D eigenvalue weighted by atomic mass is 10.2. The van der Waals surface area contributed by atoms with Gasteiger partial charge in [0.15, 0.2) is 0 Å². The molecule has 0 aromatic carbocycles. The lowest BCUT2D eigenvalue weighted by Crippen LogP contribution is -2.45. The number of rotatable bonds is 4. The smallest absolute Gasteiger partial charge is 0.0573 e. The molecule has 3 rings (SSSR count). The predicted molar refractivity (Wildman–Crippen MR) is 95.8 cm³/mol. The molecule has 0 atom stereocenters. The number of aromatic nitrogens is 2. The van der Waals surface area contributed by atoms with E-state index in [1.807, 2.05) is 24.5 Å². The number of nitrogens with zero attached hydrogens (tertiary/aromatic N) is 4. The Morgan fingerprint density at radius 2 is 1.17 bits per heavy atom. The molecule has 1 aliphatic heterocycles. The summed E-state index contributed by atoms with van der Waals surface area (Å²) < 4.78 is 0. The van der Waals surface area contributed by atoms with E-state index in [1.54, 1.807) is 0 Å². The minimum absolute atomic E-state index is 0. The zero-order chi connectivity index (χ0) is 15.4. The second kappa shape index (κ2) is 8.39. The summed E-state index contributed by atoms with van der Waals surface area (Å²) in [5.74, 6) is 0. The van der Waals surface area contributed by atoms with Crippen LogP contribution in [0.15, 0.2) is 36.7 Å². The van der Waals surface area contributed by atoms with Gasteiger partial charge < -0.3 is 0 Å². The van der Waals surface area contributed by atoms with Crippen LogP contribution in [0.5, 0.6) is 0 Å². The summed E-state index contributed by atoms with van der Waals surface area (Å²) in [4.78, 5) is 14.0. The average molecular weight is 333 g/mol. The minimum atomic E-state index is 0. The van der Waals surface area contributed by atoms with Crippen LogP contribution in [0.2, 0.25) is 0 Å². The van der Waals surface area contributed by atoms with Crippen molar-refractivity contribution in [3.8, 4) is 0 Å². The van der Waals surface area contributed by atoms with E-state index in [1.165, 1.54) is 22.5 Å². The van der Waals surface area contributed by atoms with Crippen LogP contribution in [0, 0.1) is 13.8 Å². The van der Waals surface area contributed by atoms with Gasteiger partial charge in [-0.3, -0.25) is 19.8 Å². The fraction of sp³-hybridized carbons (Fsp3) is 0.444. The number of hydrogen-bond donors (Lipinski definition) is 0. The van der Waals surface area contributed by atoms with Gasteiger partial charge in [-0.2, -0.15) is 0 Å². The Kier molecular flexibility index (Phi) is 6.51. The molecule has 124 valence electrons. The van der Waals surface area contributed by atoms with Crippen molar-refractivity contribution in [3.05, 3.63) is 59.2 Å². The average Bonchev–Trinajstić information content (AvgIpc) is 2.54. The highest BCUT2D eigenvalue weighted by Gasteiger charge is 2.18. The van der Waals surface area contributed by atoms with Gasteiger partial charge in [0, 0.05) is 51.7 Å². The molecule has 1 aliphatic rings. The van der Waals surface area contributed by atoms with E-state index >= 15 is 0 Å². The molecular weight excluding hydrogens is 308 g/mol. The maximum atomic E-state index is 4.51. The molecule has 0 saturated carbocycles. The molecule has 0 amide bonds. The second-order valence-corrected chi connectivity index (χ2v) is 6.09. The first-order chi connectivity index (χ1) is 10.7. The van der Waals surface area contributed by atoms with E-state index in [0.717, 1.165) is 39.3 Å². The first kappa shape index (κ1) is 17.9. The summed E-state index contributed by atoms with van der Waals surface area (Å²) in [5, 5.41) is 0. The van der Waals surface area contributed by atoms with E-state index in [2.05, 4.69) is 45.7 Å². The predicted octanol–water partition coefficient (Wildman–Crippen LogP) is 2.83. The summed E-state index contributed by atoms with van der Waals surface area (Å²) in [6.45, 7) is 10.6. The maximum absolute atomic E-state index is 4.51. The van der Waals surface area contributed by atoms with Crippen LogP contribution in [-0.2, 0) is 13.1 Å².